The van der Waals surface area contributed by atoms with Crippen LogP contribution in [0.4, 0.5) is 0 Å². The van der Waals surface area contributed by atoms with Crippen molar-refractivity contribution in [2.45, 2.75) is 58.0 Å². The van der Waals surface area contributed by atoms with Crippen LogP contribution in [0.2, 0.25) is 0 Å². The van der Waals surface area contributed by atoms with Crippen LogP contribution in [-0.4, -0.2) is 17.8 Å². The van der Waals surface area contributed by atoms with Gasteiger partial charge < -0.3 is 10.4 Å². The Balaban J connectivity index is 1.90. The highest BCUT2D eigenvalue weighted by Crippen LogP contribution is 2.30. The maximum atomic E-state index is 9.66. The van der Waals surface area contributed by atoms with E-state index < -0.39 is 0 Å². The number of benzene rings is 1. The van der Waals surface area contributed by atoms with E-state index in [0.717, 1.165) is 11.8 Å². The van der Waals surface area contributed by atoms with E-state index in [0.29, 0.717) is 6.04 Å². The second-order valence-corrected chi connectivity index (χ2v) is 6.67. The Labute approximate surface area is 123 Å². The third kappa shape index (κ3) is 4.60. The average Bonchev–Trinajstić information content (AvgIpc) is 2.45. The minimum Gasteiger partial charge on any atom is -0.394 e. The fourth-order valence-electron chi connectivity index (χ4n) is 3.55. The molecule has 0 bridgehead atoms. The Hall–Kier alpha value is -0.860. The topological polar surface area (TPSA) is 32.3 Å². The van der Waals surface area contributed by atoms with Gasteiger partial charge in [-0.3, -0.25) is 0 Å². The summed E-state index contributed by atoms with van der Waals surface area (Å²) >= 11 is 0. The van der Waals surface area contributed by atoms with E-state index in [-0.39, 0.29) is 12.6 Å². The standard InChI is InChI=1S/C18H29NO/c1-14(2)11-15-7-6-10-17(12-15)19-18(13-20)16-8-4-3-5-9-16/h3-5,8-9,14-15,17-20H,6-7,10-13H2,1-2H3. The van der Waals surface area contributed by atoms with Crippen molar-refractivity contribution in [3.8, 4) is 0 Å². The molecule has 2 N–H and O–H groups in total. The van der Waals surface area contributed by atoms with E-state index >= 15 is 0 Å². The SMILES string of the molecule is CC(C)CC1CCCC(NC(CO)c2ccccc2)C1. The van der Waals surface area contributed by atoms with Gasteiger partial charge in [-0.15, -0.1) is 0 Å². The summed E-state index contributed by atoms with van der Waals surface area (Å²) in [7, 11) is 0. The van der Waals surface area contributed by atoms with E-state index in [9.17, 15) is 5.11 Å². The van der Waals surface area contributed by atoms with Crippen LogP contribution in [0.15, 0.2) is 30.3 Å². The smallest absolute Gasteiger partial charge is 0.0626 e. The van der Waals surface area contributed by atoms with Gasteiger partial charge in [0.1, 0.15) is 0 Å². The lowest BCUT2D eigenvalue weighted by atomic mass is 9.81. The molecule has 3 unspecified atom stereocenters. The van der Waals surface area contributed by atoms with Gasteiger partial charge in [-0.05, 0) is 36.7 Å². The summed E-state index contributed by atoms with van der Waals surface area (Å²) in [6, 6.07) is 11.0. The molecule has 0 spiro atoms. The molecule has 0 heterocycles. The van der Waals surface area contributed by atoms with Crippen LogP contribution in [0.1, 0.15) is 57.6 Å². The molecule has 2 heteroatoms. The number of hydrogen-bond acceptors (Lipinski definition) is 2. The molecule has 2 nitrogen and oxygen atoms in total. The Kier molecular flexibility index (Phi) is 6.06. The Bertz CT molecular complexity index is 376. The largest absolute Gasteiger partial charge is 0.394 e. The molecule has 2 rings (SSSR count). The first kappa shape index (κ1) is 15.5. The summed E-state index contributed by atoms with van der Waals surface area (Å²) in [6.45, 7) is 4.81. The number of hydrogen-bond donors (Lipinski definition) is 2. The number of rotatable bonds is 6. The Morgan fingerprint density at radius 1 is 1.20 bits per heavy atom. The van der Waals surface area contributed by atoms with Crippen LogP contribution in [0, 0.1) is 11.8 Å². The lowest BCUT2D eigenvalue weighted by Gasteiger charge is -2.33. The van der Waals surface area contributed by atoms with E-state index in [2.05, 4.69) is 31.3 Å². The molecule has 0 saturated heterocycles. The van der Waals surface area contributed by atoms with Crippen LogP contribution in [0.3, 0.4) is 0 Å². The minimum atomic E-state index is 0.0824. The monoisotopic (exact) mass is 275 g/mol. The van der Waals surface area contributed by atoms with Crippen molar-refractivity contribution < 1.29 is 5.11 Å². The van der Waals surface area contributed by atoms with Gasteiger partial charge in [0.05, 0.1) is 12.6 Å². The van der Waals surface area contributed by atoms with Gasteiger partial charge in [0.15, 0.2) is 0 Å². The fraction of sp³-hybridized carbons (Fsp3) is 0.667. The van der Waals surface area contributed by atoms with Crippen LogP contribution < -0.4 is 5.32 Å². The molecule has 1 aliphatic rings. The lowest BCUT2D eigenvalue weighted by molar-refractivity contribution is 0.196. The lowest BCUT2D eigenvalue weighted by Crippen LogP contribution is -2.38. The third-order valence-corrected chi connectivity index (χ3v) is 4.41. The van der Waals surface area contributed by atoms with Crippen molar-refractivity contribution in [3.05, 3.63) is 35.9 Å². The number of nitrogens with one attached hydrogen (secondary N) is 1. The molecular formula is C18H29NO. The van der Waals surface area contributed by atoms with Crippen molar-refractivity contribution in [2.75, 3.05) is 6.61 Å². The maximum Gasteiger partial charge on any atom is 0.0626 e. The van der Waals surface area contributed by atoms with E-state index in [1.165, 1.54) is 37.7 Å². The normalized spacial score (nSPS) is 24.8. The molecule has 0 aromatic heterocycles. The summed E-state index contributed by atoms with van der Waals surface area (Å²) in [6.07, 6.45) is 6.56. The van der Waals surface area contributed by atoms with E-state index in [4.69, 9.17) is 0 Å². The summed E-state index contributed by atoms with van der Waals surface area (Å²) in [4.78, 5) is 0. The molecule has 0 aliphatic heterocycles. The van der Waals surface area contributed by atoms with Gasteiger partial charge in [0.25, 0.3) is 0 Å². The predicted molar refractivity (Wildman–Crippen MR) is 84.6 cm³/mol. The predicted octanol–water partition coefficient (Wildman–Crippen LogP) is 3.91. The van der Waals surface area contributed by atoms with Crippen molar-refractivity contribution >= 4 is 0 Å². The van der Waals surface area contributed by atoms with Crippen molar-refractivity contribution in [1.82, 2.24) is 5.32 Å². The minimum absolute atomic E-state index is 0.0824. The molecule has 112 valence electrons. The van der Waals surface area contributed by atoms with Gasteiger partial charge in [-0.25, -0.2) is 0 Å². The Morgan fingerprint density at radius 2 is 1.95 bits per heavy atom. The van der Waals surface area contributed by atoms with Gasteiger partial charge in [0, 0.05) is 6.04 Å². The highest BCUT2D eigenvalue weighted by molar-refractivity contribution is 5.19. The van der Waals surface area contributed by atoms with Crippen LogP contribution in [0.5, 0.6) is 0 Å². The van der Waals surface area contributed by atoms with Crippen LogP contribution in [-0.2, 0) is 0 Å². The zero-order valence-electron chi connectivity index (χ0n) is 12.9. The molecule has 3 atom stereocenters. The van der Waals surface area contributed by atoms with Crippen molar-refractivity contribution in [1.29, 1.82) is 0 Å². The van der Waals surface area contributed by atoms with Crippen LogP contribution >= 0.6 is 0 Å². The summed E-state index contributed by atoms with van der Waals surface area (Å²) in [5, 5.41) is 13.3. The zero-order chi connectivity index (χ0) is 14.4. The van der Waals surface area contributed by atoms with Gasteiger partial charge in [0.2, 0.25) is 0 Å². The first-order valence-corrected chi connectivity index (χ1v) is 8.11. The summed E-state index contributed by atoms with van der Waals surface area (Å²) in [5.41, 5.74) is 1.20. The van der Waals surface area contributed by atoms with Crippen LogP contribution in [0.25, 0.3) is 0 Å². The fourth-order valence-corrected chi connectivity index (χ4v) is 3.55. The maximum absolute atomic E-state index is 9.66. The molecule has 1 aliphatic carbocycles. The summed E-state index contributed by atoms with van der Waals surface area (Å²) in [5.74, 6) is 1.65. The number of aliphatic hydroxyl groups excluding tert-OH is 1. The Morgan fingerprint density at radius 3 is 2.60 bits per heavy atom. The summed E-state index contributed by atoms with van der Waals surface area (Å²) < 4.78 is 0. The molecule has 0 amide bonds. The first-order valence-electron chi connectivity index (χ1n) is 8.11. The third-order valence-electron chi connectivity index (χ3n) is 4.41. The average molecular weight is 275 g/mol. The second kappa shape index (κ2) is 7.80. The molecular weight excluding hydrogens is 246 g/mol. The first-order chi connectivity index (χ1) is 9.69. The highest BCUT2D eigenvalue weighted by Gasteiger charge is 2.24. The van der Waals surface area contributed by atoms with Gasteiger partial charge in [-0.1, -0.05) is 57.0 Å². The van der Waals surface area contributed by atoms with E-state index in [1.807, 2.05) is 18.2 Å². The quantitative estimate of drug-likeness (QED) is 0.825. The molecule has 1 aromatic rings. The molecule has 1 saturated carbocycles. The van der Waals surface area contributed by atoms with Gasteiger partial charge in [-0.2, -0.15) is 0 Å². The molecule has 20 heavy (non-hydrogen) atoms. The van der Waals surface area contributed by atoms with Crippen molar-refractivity contribution in [3.63, 3.8) is 0 Å². The highest BCUT2D eigenvalue weighted by atomic mass is 16.3. The molecule has 0 radical (unpaired) electrons. The molecule has 1 fully saturated rings. The number of aliphatic hydroxyl groups is 1. The second-order valence-electron chi connectivity index (χ2n) is 6.67. The van der Waals surface area contributed by atoms with E-state index in [1.54, 1.807) is 0 Å². The van der Waals surface area contributed by atoms with Gasteiger partial charge >= 0.3 is 0 Å². The van der Waals surface area contributed by atoms with Crippen molar-refractivity contribution in [2.24, 2.45) is 11.8 Å². The molecule has 1 aromatic carbocycles. The zero-order valence-corrected chi connectivity index (χ0v) is 12.9.